The van der Waals surface area contributed by atoms with Crippen molar-refractivity contribution in [3.63, 3.8) is 0 Å². The highest BCUT2D eigenvalue weighted by molar-refractivity contribution is 5.76. The maximum absolute atomic E-state index is 11.9. The molecule has 0 saturated heterocycles. The van der Waals surface area contributed by atoms with Crippen LogP contribution < -0.4 is 5.32 Å². The highest BCUT2D eigenvalue weighted by Gasteiger charge is 2.15. The van der Waals surface area contributed by atoms with Crippen LogP contribution in [0.4, 0.5) is 0 Å². The molecule has 2 aromatic rings. The molecular formula is C20H26N2O2. The lowest BCUT2D eigenvalue weighted by Gasteiger charge is -2.20. The second-order valence-corrected chi connectivity index (χ2v) is 7.05. The Hall–Kier alpha value is -2.20. The summed E-state index contributed by atoms with van der Waals surface area (Å²) in [7, 11) is 0. The monoisotopic (exact) mass is 326 g/mol. The van der Waals surface area contributed by atoms with E-state index >= 15 is 0 Å². The SMILES string of the molecule is CC(C)(C)c1ccc([C@@H](O)CNC(=O)CCc2ccncc2)cc1. The average Bonchev–Trinajstić information content (AvgIpc) is 2.58. The van der Waals surface area contributed by atoms with Gasteiger partial charge in [-0.15, -0.1) is 0 Å². The zero-order valence-electron chi connectivity index (χ0n) is 14.6. The van der Waals surface area contributed by atoms with Crippen molar-refractivity contribution in [2.24, 2.45) is 0 Å². The summed E-state index contributed by atoms with van der Waals surface area (Å²) in [6.45, 7) is 6.69. The molecule has 0 aliphatic heterocycles. The van der Waals surface area contributed by atoms with Crippen LogP contribution in [0.15, 0.2) is 48.8 Å². The molecule has 1 aromatic carbocycles. The molecule has 0 radical (unpaired) electrons. The summed E-state index contributed by atoms with van der Waals surface area (Å²) in [4.78, 5) is 15.9. The predicted octanol–water partition coefficient (Wildman–Crippen LogP) is 3.16. The third-order valence-electron chi connectivity index (χ3n) is 4.04. The molecule has 0 bridgehead atoms. The lowest BCUT2D eigenvalue weighted by molar-refractivity contribution is -0.121. The van der Waals surface area contributed by atoms with Gasteiger partial charge in [-0.25, -0.2) is 0 Å². The smallest absolute Gasteiger partial charge is 0.220 e. The number of aliphatic hydroxyl groups excluding tert-OH is 1. The van der Waals surface area contributed by atoms with Crippen molar-refractivity contribution in [3.8, 4) is 0 Å². The molecule has 128 valence electrons. The minimum Gasteiger partial charge on any atom is -0.387 e. The Morgan fingerprint density at radius 2 is 1.75 bits per heavy atom. The average molecular weight is 326 g/mol. The highest BCUT2D eigenvalue weighted by atomic mass is 16.3. The number of amides is 1. The van der Waals surface area contributed by atoms with E-state index < -0.39 is 6.10 Å². The van der Waals surface area contributed by atoms with Gasteiger partial charge in [-0.3, -0.25) is 9.78 Å². The summed E-state index contributed by atoms with van der Waals surface area (Å²) in [5.74, 6) is -0.0582. The van der Waals surface area contributed by atoms with E-state index in [4.69, 9.17) is 0 Å². The molecule has 0 aliphatic rings. The minimum atomic E-state index is -0.691. The van der Waals surface area contributed by atoms with Crippen molar-refractivity contribution >= 4 is 5.91 Å². The Morgan fingerprint density at radius 1 is 1.12 bits per heavy atom. The second-order valence-electron chi connectivity index (χ2n) is 7.05. The standard InChI is InChI=1S/C20H26N2O2/c1-20(2,3)17-7-5-16(6-8-17)18(23)14-22-19(24)9-4-15-10-12-21-13-11-15/h5-8,10-13,18,23H,4,9,14H2,1-3H3,(H,22,24)/t18-/m0/s1. The van der Waals surface area contributed by atoms with Crippen molar-refractivity contribution in [2.75, 3.05) is 6.54 Å². The fourth-order valence-electron chi connectivity index (χ4n) is 2.43. The van der Waals surface area contributed by atoms with Crippen LogP contribution in [-0.2, 0) is 16.6 Å². The van der Waals surface area contributed by atoms with Gasteiger partial charge in [-0.05, 0) is 40.7 Å². The van der Waals surface area contributed by atoms with E-state index in [0.29, 0.717) is 12.8 Å². The number of nitrogens with zero attached hydrogens (tertiary/aromatic N) is 1. The molecule has 4 heteroatoms. The van der Waals surface area contributed by atoms with E-state index in [0.717, 1.165) is 11.1 Å². The zero-order valence-corrected chi connectivity index (χ0v) is 14.6. The number of carbonyl (C=O) groups is 1. The number of carbonyl (C=O) groups excluding carboxylic acids is 1. The Balaban J connectivity index is 1.80. The number of nitrogens with one attached hydrogen (secondary N) is 1. The van der Waals surface area contributed by atoms with E-state index in [9.17, 15) is 9.90 Å². The molecule has 0 saturated carbocycles. The molecule has 1 amide bonds. The lowest BCUT2D eigenvalue weighted by atomic mass is 9.86. The Labute approximate surface area is 143 Å². The number of hydrogen-bond acceptors (Lipinski definition) is 3. The van der Waals surface area contributed by atoms with Crippen molar-refractivity contribution < 1.29 is 9.90 Å². The largest absolute Gasteiger partial charge is 0.387 e. The Morgan fingerprint density at radius 3 is 2.33 bits per heavy atom. The minimum absolute atomic E-state index is 0.0582. The van der Waals surface area contributed by atoms with Gasteiger partial charge in [0.15, 0.2) is 0 Å². The number of aromatic nitrogens is 1. The summed E-state index contributed by atoms with van der Waals surface area (Å²) < 4.78 is 0. The van der Waals surface area contributed by atoms with Crippen molar-refractivity contribution in [1.29, 1.82) is 0 Å². The molecule has 1 heterocycles. The number of hydrogen-bond donors (Lipinski definition) is 2. The van der Waals surface area contributed by atoms with Gasteiger partial charge >= 0.3 is 0 Å². The van der Waals surface area contributed by atoms with Gasteiger partial charge in [0.05, 0.1) is 6.10 Å². The van der Waals surface area contributed by atoms with E-state index in [1.54, 1.807) is 12.4 Å². The lowest BCUT2D eigenvalue weighted by Crippen LogP contribution is -2.28. The number of pyridine rings is 1. The van der Waals surface area contributed by atoms with Crippen LogP contribution in [0.1, 0.15) is 50.0 Å². The molecular weight excluding hydrogens is 300 g/mol. The molecule has 24 heavy (non-hydrogen) atoms. The van der Waals surface area contributed by atoms with Crippen LogP contribution in [0.25, 0.3) is 0 Å². The molecule has 0 aliphatic carbocycles. The van der Waals surface area contributed by atoms with Crippen molar-refractivity contribution in [2.45, 2.75) is 45.1 Å². The zero-order chi connectivity index (χ0) is 17.6. The first-order chi connectivity index (χ1) is 11.4. The van der Waals surface area contributed by atoms with Gasteiger partial charge in [-0.2, -0.15) is 0 Å². The van der Waals surface area contributed by atoms with Gasteiger partial charge < -0.3 is 10.4 Å². The summed E-state index contributed by atoms with van der Waals surface area (Å²) in [6.07, 6.45) is 3.82. The van der Waals surface area contributed by atoms with Crippen LogP contribution in [0, 0.1) is 0 Å². The summed E-state index contributed by atoms with van der Waals surface area (Å²) in [5.41, 5.74) is 3.21. The Kier molecular flexibility index (Phi) is 6.10. The maximum atomic E-state index is 11.9. The summed E-state index contributed by atoms with van der Waals surface area (Å²) >= 11 is 0. The number of aliphatic hydroxyl groups is 1. The normalized spacial score (nSPS) is 12.7. The molecule has 1 aromatic heterocycles. The van der Waals surface area contributed by atoms with E-state index in [1.807, 2.05) is 36.4 Å². The van der Waals surface area contributed by atoms with Crippen LogP contribution in [0.2, 0.25) is 0 Å². The molecule has 2 N–H and O–H groups in total. The molecule has 0 fully saturated rings. The highest BCUT2D eigenvalue weighted by Crippen LogP contribution is 2.23. The molecule has 2 rings (SSSR count). The maximum Gasteiger partial charge on any atom is 0.220 e. The first kappa shape index (κ1) is 18.1. The Bertz CT molecular complexity index is 646. The van der Waals surface area contributed by atoms with E-state index in [-0.39, 0.29) is 17.9 Å². The van der Waals surface area contributed by atoms with Crippen LogP contribution >= 0.6 is 0 Å². The van der Waals surface area contributed by atoms with Crippen LogP contribution in [0.5, 0.6) is 0 Å². The van der Waals surface area contributed by atoms with Crippen LogP contribution in [0.3, 0.4) is 0 Å². The number of aryl methyl sites for hydroxylation is 1. The fraction of sp³-hybridized carbons (Fsp3) is 0.400. The van der Waals surface area contributed by atoms with Gasteiger partial charge in [-0.1, -0.05) is 45.0 Å². The van der Waals surface area contributed by atoms with E-state index in [2.05, 4.69) is 31.1 Å². The first-order valence-corrected chi connectivity index (χ1v) is 8.30. The number of benzene rings is 1. The molecule has 0 unspecified atom stereocenters. The van der Waals surface area contributed by atoms with Gasteiger partial charge in [0.1, 0.15) is 0 Å². The van der Waals surface area contributed by atoms with Gasteiger partial charge in [0.2, 0.25) is 5.91 Å². The van der Waals surface area contributed by atoms with Gasteiger partial charge in [0, 0.05) is 25.4 Å². The molecule has 4 nitrogen and oxygen atoms in total. The quantitative estimate of drug-likeness (QED) is 0.857. The predicted molar refractivity (Wildman–Crippen MR) is 95.7 cm³/mol. The number of rotatable bonds is 6. The molecule has 0 spiro atoms. The van der Waals surface area contributed by atoms with Crippen molar-refractivity contribution in [3.05, 3.63) is 65.5 Å². The third-order valence-corrected chi connectivity index (χ3v) is 4.04. The second kappa shape index (κ2) is 8.06. The summed E-state index contributed by atoms with van der Waals surface area (Å²) in [6, 6.07) is 11.7. The first-order valence-electron chi connectivity index (χ1n) is 8.30. The third kappa shape index (κ3) is 5.46. The summed E-state index contributed by atoms with van der Waals surface area (Å²) in [5, 5.41) is 13.0. The van der Waals surface area contributed by atoms with Crippen molar-refractivity contribution in [1.82, 2.24) is 10.3 Å². The topological polar surface area (TPSA) is 62.2 Å². The van der Waals surface area contributed by atoms with Crippen LogP contribution in [-0.4, -0.2) is 22.5 Å². The molecule has 1 atom stereocenters. The van der Waals surface area contributed by atoms with E-state index in [1.165, 1.54) is 5.56 Å². The fourth-order valence-corrected chi connectivity index (χ4v) is 2.43. The van der Waals surface area contributed by atoms with Gasteiger partial charge in [0.25, 0.3) is 0 Å².